The normalized spacial score (nSPS) is 24.1. The Bertz CT molecular complexity index is 666. The number of hydrogen-bond acceptors (Lipinski definition) is 5. The summed E-state index contributed by atoms with van der Waals surface area (Å²) in [5, 5.41) is 0. The van der Waals surface area contributed by atoms with Crippen LogP contribution in [0.5, 0.6) is 0 Å². The van der Waals surface area contributed by atoms with Gasteiger partial charge in [0.25, 0.3) is 0 Å². The van der Waals surface area contributed by atoms with Crippen molar-refractivity contribution in [1.29, 1.82) is 0 Å². The summed E-state index contributed by atoms with van der Waals surface area (Å²) in [6.45, 7) is 6.23. The first kappa shape index (κ1) is 17.6. The highest BCUT2D eigenvalue weighted by atomic mass is 19.1. The van der Waals surface area contributed by atoms with E-state index in [9.17, 15) is 4.39 Å². The Kier molecular flexibility index (Phi) is 5.05. The number of aromatic nitrogens is 1. The molecule has 0 aliphatic carbocycles. The summed E-state index contributed by atoms with van der Waals surface area (Å²) < 4.78 is 13.3. The summed E-state index contributed by atoms with van der Waals surface area (Å²) in [5.74, 6) is 0.406. The van der Waals surface area contributed by atoms with E-state index in [0.717, 1.165) is 12.4 Å². The predicted molar refractivity (Wildman–Crippen MR) is 103 cm³/mol. The first-order valence-corrected chi connectivity index (χ1v) is 9.62. The third kappa shape index (κ3) is 3.96. The largest absolute Gasteiger partial charge is 0.310 e. The molecule has 6 heteroatoms. The quantitative estimate of drug-likeness (QED) is 0.833. The Labute approximate surface area is 155 Å². The molecule has 2 fully saturated rings. The highest BCUT2D eigenvalue weighted by Crippen LogP contribution is 2.41. The van der Waals surface area contributed by atoms with Gasteiger partial charge in [-0.3, -0.25) is 9.89 Å². The van der Waals surface area contributed by atoms with Crippen LogP contribution < -0.4 is 4.90 Å². The van der Waals surface area contributed by atoms with Gasteiger partial charge in [0.05, 0.1) is 6.21 Å². The molecule has 0 unspecified atom stereocenters. The van der Waals surface area contributed by atoms with Crippen molar-refractivity contribution in [2.75, 3.05) is 44.8 Å². The van der Waals surface area contributed by atoms with Gasteiger partial charge >= 0.3 is 0 Å². The first-order valence-electron chi connectivity index (χ1n) is 9.62. The van der Waals surface area contributed by atoms with E-state index in [1.54, 1.807) is 4.90 Å². The summed E-state index contributed by atoms with van der Waals surface area (Å²) in [6, 6.07) is 4.06. The van der Waals surface area contributed by atoms with Gasteiger partial charge in [-0.05, 0) is 76.0 Å². The average molecular weight is 357 g/mol. The van der Waals surface area contributed by atoms with E-state index in [2.05, 4.69) is 32.9 Å². The minimum atomic E-state index is -0.335. The molecule has 0 N–H and O–H groups in total. The van der Waals surface area contributed by atoms with Crippen molar-refractivity contribution in [2.24, 2.45) is 10.4 Å². The number of allylic oxidation sites excluding steroid dienone is 1. The lowest BCUT2D eigenvalue weighted by Crippen LogP contribution is -2.45. The van der Waals surface area contributed by atoms with Crippen LogP contribution in [0, 0.1) is 5.41 Å². The van der Waals surface area contributed by atoms with Gasteiger partial charge in [-0.15, -0.1) is 0 Å². The Morgan fingerprint density at radius 3 is 2.46 bits per heavy atom. The summed E-state index contributed by atoms with van der Waals surface area (Å²) in [7, 11) is 2.24. The summed E-state index contributed by atoms with van der Waals surface area (Å²) in [4.78, 5) is 15.2. The first-order chi connectivity index (χ1) is 12.6. The number of likely N-dealkylation sites (tertiary alicyclic amines) is 2. The molecule has 3 aliphatic rings. The number of halogens is 1. The number of aliphatic imine (C=N–C) groups is 1. The van der Waals surface area contributed by atoms with Crippen LogP contribution in [0.3, 0.4) is 0 Å². The molecular formula is C20H28FN5. The standard InChI is InChI=1S/C20H28FN5/c1-24-8-4-20(5-9-24)6-10-25(11-7-20)14-17-2-3-19(23-12-17)26-15-18(21)13-22-16-26/h2-3,12-13,15H,4-11,14,16H2,1H3. The topological polar surface area (TPSA) is 35.0 Å². The third-order valence-corrected chi connectivity index (χ3v) is 6.20. The van der Waals surface area contributed by atoms with Crippen molar-refractivity contribution in [2.45, 2.75) is 32.2 Å². The van der Waals surface area contributed by atoms with Gasteiger partial charge in [0.15, 0.2) is 5.83 Å². The molecule has 140 valence electrons. The van der Waals surface area contributed by atoms with Crippen molar-refractivity contribution in [3.63, 3.8) is 0 Å². The number of hydrogen-bond donors (Lipinski definition) is 0. The molecule has 3 aliphatic heterocycles. The second-order valence-corrected chi connectivity index (χ2v) is 8.04. The van der Waals surface area contributed by atoms with E-state index >= 15 is 0 Å². The fraction of sp³-hybridized carbons (Fsp3) is 0.600. The van der Waals surface area contributed by atoms with E-state index in [4.69, 9.17) is 0 Å². The molecule has 26 heavy (non-hydrogen) atoms. The Morgan fingerprint density at radius 2 is 1.81 bits per heavy atom. The number of anilines is 1. The minimum Gasteiger partial charge on any atom is -0.310 e. The van der Waals surface area contributed by atoms with E-state index in [0.29, 0.717) is 12.1 Å². The second kappa shape index (κ2) is 7.45. The second-order valence-electron chi connectivity index (χ2n) is 8.04. The van der Waals surface area contributed by atoms with Crippen LogP contribution in [0.2, 0.25) is 0 Å². The molecule has 0 aromatic carbocycles. The Balaban J connectivity index is 1.31. The minimum absolute atomic E-state index is 0.335. The SMILES string of the molecule is CN1CCC2(CC1)CCN(Cc1ccc(N3C=C(F)C=NC3)nc1)CC2. The smallest absolute Gasteiger partial charge is 0.157 e. The highest BCUT2D eigenvalue weighted by molar-refractivity contribution is 5.77. The van der Waals surface area contributed by atoms with Crippen molar-refractivity contribution in [1.82, 2.24) is 14.8 Å². The van der Waals surface area contributed by atoms with E-state index in [1.807, 2.05) is 12.3 Å². The van der Waals surface area contributed by atoms with Gasteiger partial charge in [-0.1, -0.05) is 6.07 Å². The fourth-order valence-corrected chi connectivity index (χ4v) is 4.29. The molecular weight excluding hydrogens is 329 g/mol. The molecule has 1 spiro atoms. The Morgan fingerprint density at radius 1 is 1.08 bits per heavy atom. The van der Waals surface area contributed by atoms with Gasteiger partial charge in [0, 0.05) is 18.9 Å². The van der Waals surface area contributed by atoms with E-state index < -0.39 is 0 Å². The zero-order valence-corrected chi connectivity index (χ0v) is 15.6. The molecule has 1 aromatic rings. The predicted octanol–water partition coefficient (Wildman–Crippen LogP) is 3.05. The molecule has 4 rings (SSSR count). The molecule has 0 amide bonds. The van der Waals surface area contributed by atoms with Crippen molar-refractivity contribution >= 4 is 12.0 Å². The molecule has 4 heterocycles. The number of rotatable bonds is 3. The molecule has 5 nitrogen and oxygen atoms in total. The molecule has 0 bridgehead atoms. The number of nitrogens with zero attached hydrogens (tertiary/aromatic N) is 5. The van der Waals surface area contributed by atoms with E-state index in [1.165, 1.54) is 69.8 Å². The summed E-state index contributed by atoms with van der Waals surface area (Å²) in [5.41, 5.74) is 1.81. The van der Waals surface area contributed by atoms with Crippen LogP contribution >= 0.6 is 0 Å². The van der Waals surface area contributed by atoms with Gasteiger partial charge < -0.3 is 9.80 Å². The van der Waals surface area contributed by atoms with Crippen LogP contribution in [0.4, 0.5) is 10.2 Å². The maximum Gasteiger partial charge on any atom is 0.157 e. The van der Waals surface area contributed by atoms with Crippen LogP contribution in [0.15, 0.2) is 35.3 Å². The maximum absolute atomic E-state index is 13.3. The average Bonchev–Trinajstić information content (AvgIpc) is 2.67. The van der Waals surface area contributed by atoms with Gasteiger partial charge in [0.2, 0.25) is 0 Å². The molecule has 0 radical (unpaired) electrons. The van der Waals surface area contributed by atoms with Gasteiger partial charge in [0.1, 0.15) is 12.5 Å². The lowest BCUT2D eigenvalue weighted by Gasteiger charge is -2.46. The lowest BCUT2D eigenvalue weighted by molar-refractivity contribution is 0.0400. The Hall–Kier alpha value is -1.79. The highest BCUT2D eigenvalue weighted by Gasteiger charge is 2.36. The zero-order chi connectivity index (χ0) is 18.0. The van der Waals surface area contributed by atoms with Gasteiger partial charge in [-0.2, -0.15) is 0 Å². The fourth-order valence-electron chi connectivity index (χ4n) is 4.29. The number of pyridine rings is 1. The molecule has 1 aromatic heterocycles. The van der Waals surface area contributed by atoms with Gasteiger partial charge in [-0.25, -0.2) is 9.37 Å². The number of piperidine rings is 2. The lowest BCUT2D eigenvalue weighted by atomic mass is 9.71. The molecule has 0 saturated carbocycles. The molecule has 0 atom stereocenters. The monoisotopic (exact) mass is 357 g/mol. The van der Waals surface area contributed by atoms with Crippen LogP contribution in [0.1, 0.15) is 31.2 Å². The van der Waals surface area contributed by atoms with Crippen molar-refractivity contribution < 1.29 is 4.39 Å². The summed E-state index contributed by atoms with van der Waals surface area (Å²) >= 11 is 0. The van der Waals surface area contributed by atoms with E-state index in [-0.39, 0.29) is 5.83 Å². The molecule has 2 saturated heterocycles. The van der Waals surface area contributed by atoms with Crippen LogP contribution in [-0.2, 0) is 6.54 Å². The third-order valence-electron chi connectivity index (χ3n) is 6.20. The zero-order valence-electron chi connectivity index (χ0n) is 15.6. The van der Waals surface area contributed by atoms with Crippen molar-refractivity contribution in [3.05, 3.63) is 35.9 Å². The van der Waals surface area contributed by atoms with Crippen molar-refractivity contribution in [3.8, 4) is 0 Å². The summed E-state index contributed by atoms with van der Waals surface area (Å²) in [6.07, 6.45) is 9.97. The maximum atomic E-state index is 13.3. The van der Waals surface area contributed by atoms with Crippen LogP contribution in [0.25, 0.3) is 0 Å². The van der Waals surface area contributed by atoms with Crippen LogP contribution in [-0.4, -0.2) is 60.9 Å².